The lowest BCUT2D eigenvalue weighted by atomic mass is 10.1. The van der Waals surface area contributed by atoms with Gasteiger partial charge in [-0.2, -0.15) is 0 Å². The first-order valence-corrected chi connectivity index (χ1v) is 5.18. The summed E-state index contributed by atoms with van der Waals surface area (Å²) in [5.41, 5.74) is 0.520. The molecule has 90 valence electrons. The summed E-state index contributed by atoms with van der Waals surface area (Å²) in [5.74, 6) is 4.50. The van der Waals surface area contributed by atoms with Crippen molar-refractivity contribution in [2.45, 2.75) is 13.0 Å². The Morgan fingerprint density at radius 2 is 2.18 bits per heavy atom. The summed E-state index contributed by atoms with van der Waals surface area (Å²) in [6.07, 6.45) is -1.07. The molecule has 0 aliphatic rings. The fourth-order valence-corrected chi connectivity index (χ4v) is 1.26. The molecule has 4 heteroatoms. The smallest absolute Gasteiger partial charge is 0.384 e. The molecule has 0 bridgehead atoms. The Morgan fingerprint density at radius 1 is 1.47 bits per heavy atom. The molecule has 1 N–H and O–H groups in total. The highest BCUT2D eigenvalue weighted by atomic mass is 16.5. The predicted octanol–water partition coefficient (Wildman–Crippen LogP) is 1.30. The van der Waals surface area contributed by atoms with Crippen LogP contribution in [-0.4, -0.2) is 24.8 Å². The van der Waals surface area contributed by atoms with Gasteiger partial charge in [-0.05, 0) is 13.0 Å². The second-order valence-corrected chi connectivity index (χ2v) is 3.13. The molecule has 0 aromatic heterocycles. The molecule has 1 rings (SSSR count). The first kappa shape index (κ1) is 13.1. The van der Waals surface area contributed by atoms with Crippen molar-refractivity contribution in [2.24, 2.45) is 0 Å². The molecular weight excluding hydrogens is 220 g/mol. The Bertz CT molecular complexity index is 442. The van der Waals surface area contributed by atoms with Crippen LogP contribution in [0.25, 0.3) is 0 Å². The molecule has 0 amide bonds. The third kappa shape index (κ3) is 3.82. The Labute approximate surface area is 100 Å². The van der Waals surface area contributed by atoms with Gasteiger partial charge in [0.05, 0.1) is 13.7 Å². The van der Waals surface area contributed by atoms with Gasteiger partial charge in [0, 0.05) is 11.5 Å². The maximum absolute atomic E-state index is 11.0. The van der Waals surface area contributed by atoms with Crippen LogP contribution in [0.4, 0.5) is 0 Å². The highest BCUT2D eigenvalue weighted by Gasteiger charge is 2.09. The summed E-state index contributed by atoms with van der Waals surface area (Å²) in [6.45, 7) is 1.95. The normalized spacial score (nSPS) is 11.0. The molecule has 1 atom stereocenters. The van der Waals surface area contributed by atoms with Crippen molar-refractivity contribution in [1.82, 2.24) is 0 Å². The first-order chi connectivity index (χ1) is 8.19. The van der Waals surface area contributed by atoms with Crippen LogP contribution < -0.4 is 4.74 Å². The molecule has 0 saturated carbocycles. The van der Waals surface area contributed by atoms with Crippen molar-refractivity contribution in [1.29, 1.82) is 0 Å². The molecule has 1 aromatic carbocycles. The van der Waals surface area contributed by atoms with Crippen LogP contribution in [0.3, 0.4) is 0 Å². The molecule has 0 aliphatic heterocycles. The van der Waals surface area contributed by atoms with Crippen molar-refractivity contribution in [3.8, 4) is 17.6 Å². The zero-order chi connectivity index (χ0) is 12.7. The number of aliphatic hydroxyl groups is 1. The lowest BCUT2D eigenvalue weighted by molar-refractivity contribution is -0.136. The van der Waals surface area contributed by atoms with Crippen molar-refractivity contribution in [2.75, 3.05) is 13.7 Å². The van der Waals surface area contributed by atoms with E-state index >= 15 is 0 Å². The highest BCUT2D eigenvalue weighted by Crippen LogP contribution is 2.23. The van der Waals surface area contributed by atoms with Crippen molar-refractivity contribution in [3.05, 3.63) is 29.8 Å². The van der Waals surface area contributed by atoms with Gasteiger partial charge in [-0.1, -0.05) is 24.1 Å². The number of carbonyl (C=O) groups excluding carboxylic acids is 1. The fourth-order valence-electron chi connectivity index (χ4n) is 1.26. The van der Waals surface area contributed by atoms with Gasteiger partial charge in [-0.25, -0.2) is 4.79 Å². The van der Waals surface area contributed by atoms with E-state index in [4.69, 9.17) is 4.74 Å². The Morgan fingerprint density at radius 3 is 2.82 bits per heavy atom. The van der Waals surface area contributed by atoms with Crippen LogP contribution in [-0.2, 0) is 9.53 Å². The lowest BCUT2D eigenvalue weighted by Gasteiger charge is -2.09. The van der Waals surface area contributed by atoms with Crippen LogP contribution >= 0.6 is 0 Å². The van der Waals surface area contributed by atoms with E-state index in [0.717, 1.165) is 0 Å². The van der Waals surface area contributed by atoms with E-state index in [1.54, 1.807) is 31.2 Å². The summed E-state index contributed by atoms with van der Waals surface area (Å²) in [7, 11) is 1.50. The van der Waals surface area contributed by atoms with Gasteiger partial charge < -0.3 is 14.6 Å². The molecule has 0 radical (unpaired) electrons. The third-order valence-corrected chi connectivity index (χ3v) is 2.02. The summed E-state index contributed by atoms with van der Waals surface area (Å²) >= 11 is 0. The first-order valence-electron chi connectivity index (χ1n) is 5.18. The van der Waals surface area contributed by atoms with E-state index in [9.17, 15) is 9.90 Å². The van der Waals surface area contributed by atoms with Gasteiger partial charge >= 0.3 is 5.97 Å². The number of esters is 1. The van der Waals surface area contributed by atoms with Crippen LogP contribution in [0.2, 0.25) is 0 Å². The molecule has 0 spiro atoms. The maximum atomic E-state index is 11.0. The summed E-state index contributed by atoms with van der Waals surface area (Å²) < 4.78 is 9.71. The molecule has 0 fully saturated rings. The number of hydrogen-bond donors (Lipinski definition) is 1. The number of methoxy groups -OCH3 is 1. The summed E-state index contributed by atoms with van der Waals surface area (Å²) in [5, 5.41) is 9.79. The molecule has 0 saturated heterocycles. The largest absolute Gasteiger partial charge is 0.496 e. The summed E-state index contributed by atoms with van der Waals surface area (Å²) in [4.78, 5) is 11.0. The zero-order valence-corrected chi connectivity index (χ0v) is 9.77. The monoisotopic (exact) mass is 234 g/mol. The quantitative estimate of drug-likeness (QED) is 0.486. The molecule has 0 heterocycles. The van der Waals surface area contributed by atoms with Gasteiger partial charge in [0.15, 0.2) is 0 Å². The van der Waals surface area contributed by atoms with Gasteiger partial charge in [0.2, 0.25) is 0 Å². The Balaban J connectivity index is 2.82. The molecule has 0 aliphatic carbocycles. The number of ether oxygens (including phenoxy) is 2. The predicted molar refractivity (Wildman–Crippen MR) is 62.4 cm³/mol. The molecule has 4 nitrogen and oxygen atoms in total. The van der Waals surface area contributed by atoms with E-state index in [1.165, 1.54) is 7.11 Å². The van der Waals surface area contributed by atoms with Crippen LogP contribution in [0, 0.1) is 11.8 Å². The van der Waals surface area contributed by atoms with Crippen LogP contribution in [0.5, 0.6) is 5.75 Å². The fraction of sp³-hybridized carbons (Fsp3) is 0.308. The standard InChI is InChI=1S/C13H14O4/c1-3-17-13(15)9-8-11(14)10-6-4-5-7-12(10)16-2/h4-7,11,14H,3H2,1-2H3/t11-/m0/s1. The average Bonchev–Trinajstić information content (AvgIpc) is 2.36. The number of benzene rings is 1. The van der Waals surface area contributed by atoms with Crippen molar-refractivity contribution >= 4 is 5.97 Å². The zero-order valence-electron chi connectivity index (χ0n) is 9.77. The van der Waals surface area contributed by atoms with E-state index in [-0.39, 0.29) is 6.61 Å². The van der Waals surface area contributed by atoms with Gasteiger partial charge in [-0.3, -0.25) is 0 Å². The molecule has 0 unspecified atom stereocenters. The number of rotatable bonds is 3. The van der Waals surface area contributed by atoms with E-state index in [2.05, 4.69) is 16.6 Å². The average molecular weight is 234 g/mol. The molecule has 17 heavy (non-hydrogen) atoms. The Kier molecular flexibility index (Phi) is 5.05. The Hall–Kier alpha value is -1.99. The molecule has 1 aromatic rings. The van der Waals surface area contributed by atoms with Gasteiger partial charge in [0.1, 0.15) is 11.9 Å². The SMILES string of the molecule is CCOC(=O)C#C[C@H](O)c1ccccc1OC. The number of aliphatic hydroxyl groups excluding tert-OH is 1. The minimum atomic E-state index is -1.07. The molecular formula is C13H14O4. The van der Waals surface area contributed by atoms with E-state index < -0.39 is 12.1 Å². The van der Waals surface area contributed by atoms with Crippen molar-refractivity contribution in [3.63, 3.8) is 0 Å². The van der Waals surface area contributed by atoms with E-state index in [0.29, 0.717) is 11.3 Å². The van der Waals surface area contributed by atoms with Crippen molar-refractivity contribution < 1.29 is 19.4 Å². The van der Waals surface area contributed by atoms with Gasteiger partial charge in [0.25, 0.3) is 0 Å². The number of para-hydroxylation sites is 1. The van der Waals surface area contributed by atoms with Gasteiger partial charge in [-0.15, -0.1) is 0 Å². The maximum Gasteiger partial charge on any atom is 0.384 e. The lowest BCUT2D eigenvalue weighted by Crippen LogP contribution is -2.02. The minimum absolute atomic E-state index is 0.262. The van der Waals surface area contributed by atoms with E-state index in [1.807, 2.05) is 0 Å². The number of carbonyl (C=O) groups is 1. The second kappa shape index (κ2) is 6.56. The van der Waals surface area contributed by atoms with Crippen LogP contribution in [0.15, 0.2) is 24.3 Å². The topological polar surface area (TPSA) is 55.8 Å². The number of hydrogen-bond acceptors (Lipinski definition) is 4. The highest BCUT2D eigenvalue weighted by molar-refractivity contribution is 5.88. The third-order valence-electron chi connectivity index (χ3n) is 2.02. The van der Waals surface area contributed by atoms with Crippen LogP contribution in [0.1, 0.15) is 18.6 Å². The second-order valence-electron chi connectivity index (χ2n) is 3.13. The summed E-state index contributed by atoms with van der Waals surface area (Å²) in [6, 6.07) is 6.94. The minimum Gasteiger partial charge on any atom is -0.496 e.